The molecule has 0 bridgehead atoms. The van der Waals surface area contributed by atoms with Gasteiger partial charge in [0.15, 0.2) is 0 Å². The standard InChI is InChI=1S/C11H16N2/c12-7-3-5-10-8-9-4-1-2-6-11(9)13-10/h3,5,8,13H,1-2,4,6-7,12H2/b5-3-. The first-order chi connectivity index (χ1) is 6.40. The number of H-pyrrole nitrogens is 1. The highest BCUT2D eigenvalue weighted by atomic mass is 14.7. The van der Waals surface area contributed by atoms with E-state index in [9.17, 15) is 0 Å². The van der Waals surface area contributed by atoms with Crippen LogP contribution in [0.4, 0.5) is 0 Å². The third kappa shape index (κ3) is 1.83. The SMILES string of the molecule is NC/C=C\c1cc2c([nH]1)CCCC2. The quantitative estimate of drug-likeness (QED) is 0.709. The van der Waals surface area contributed by atoms with Crippen LogP contribution >= 0.6 is 0 Å². The molecule has 0 amide bonds. The van der Waals surface area contributed by atoms with Crippen molar-refractivity contribution in [3.8, 4) is 0 Å². The Morgan fingerprint density at radius 1 is 1.38 bits per heavy atom. The van der Waals surface area contributed by atoms with Gasteiger partial charge in [-0.15, -0.1) is 0 Å². The van der Waals surface area contributed by atoms with E-state index < -0.39 is 0 Å². The number of nitrogens with two attached hydrogens (primary N) is 1. The summed E-state index contributed by atoms with van der Waals surface area (Å²) in [7, 11) is 0. The van der Waals surface area contributed by atoms with Crippen LogP contribution in [0.1, 0.15) is 29.8 Å². The van der Waals surface area contributed by atoms with Gasteiger partial charge >= 0.3 is 0 Å². The van der Waals surface area contributed by atoms with E-state index in [1.165, 1.54) is 42.6 Å². The van der Waals surface area contributed by atoms with Crippen molar-refractivity contribution in [3.05, 3.63) is 29.1 Å². The lowest BCUT2D eigenvalue weighted by molar-refractivity contribution is 0.677. The highest BCUT2D eigenvalue weighted by molar-refractivity contribution is 5.48. The van der Waals surface area contributed by atoms with Gasteiger partial charge in [0, 0.05) is 17.9 Å². The van der Waals surface area contributed by atoms with Crippen LogP contribution in [0.3, 0.4) is 0 Å². The van der Waals surface area contributed by atoms with Gasteiger partial charge < -0.3 is 10.7 Å². The molecule has 0 saturated carbocycles. The summed E-state index contributed by atoms with van der Waals surface area (Å²) in [6.45, 7) is 0.615. The van der Waals surface area contributed by atoms with Crippen LogP contribution in [0.2, 0.25) is 0 Å². The summed E-state index contributed by atoms with van der Waals surface area (Å²) in [5.41, 5.74) is 9.54. The molecule has 70 valence electrons. The second kappa shape index (κ2) is 3.79. The molecule has 1 aliphatic carbocycles. The summed E-state index contributed by atoms with van der Waals surface area (Å²) in [4.78, 5) is 3.43. The molecule has 2 rings (SSSR count). The fourth-order valence-electron chi connectivity index (χ4n) is 1.91. The van der Waals surface area contributed by atoms with E-state index in [4.69, 9.17) is 5.73 Å². The summed E-state index contributed by atoms with van der Waals surface area (Å²) >= 11 is 0. The average Bonchev–Trinajstić information content (AvgIpc) is 2.57. The molecule has 1 heterocycles. The van der Waals surface area contributed by atoms with Gasteiger partial charge in [0.25, 0.3) is 0 Å². The lowest BCUT2D eigenvalue weighted by Crippen LogP contribution is -1.99. The van der Waals surface area contributed by atoms with Crippen LogP contribution in [0, 0.1) is 0 Å². The van der Waals surface area contributed by atoms with Crippen molar-refractivity contribution < 1.29 is 0 Å². The van der Waals surface area contributed by atoms with E-state index >= 15 is 0 Å². The molecule has 2 heteroatoms. The first kappa shape index (κ1) is 8.57. The molecule has 0 saturated heterocycles. The van der Waals surface area contributed by atoms with E-state index in [-0.39, 0.29) is 0 Å². The first-order valence-corrected chi connectivity index (χ1v) is 4.97. The Bertz CT molecular complexity index is 286. The Morgan fingerprint density at radius 2 is 2.23 bits per heavy atom. The molecular weight excluding hydrogens is 160 g/mol. The number of nitrogens with one attached hydrogen (secondary N) is 1. The molecule has 1 aliphatic rings. The number of aromatic amines is 1. The highest BCUT2D eigenvalue weighted by Gasteiger charge is 2.10. The van der Waals surface area contributed by atoms with E-state index in [0.717, 1.165) is 0 Å². The molecular formula is C11H16N2. The van der Waals surface area contributed by atoms with Crippen LogP contribution in [0.15, 0.2) is 12.1 Å². The zero-order valence-electron chi connectivity index (χ0n) is 7.84. The monoisotopic (exact) mass is 176 g/mol. The Hall–Kier alpha value is -1.02. The van der Waals surface area contributed by atoms with Gasteiger partial charge in [-0.2, -0.15) is 0 Å². The van der Waals surface area contributed by atoms with Crippen LogP contribution in [0.5, 0.6) is 0 Å². The summed E-state index contributed by atoms with van der Waals surface area (Å²) in [5, 5.41) is 0. The predicted octanol–water partition coefficient (Wildman–Crippen LogP) is 1.87. The van der Waals surface area contributed by atoms with Gasteiger partial charge in [-0.05, 0) is 43.4 Å². The van der Waals surface area contributed by atoms with Gasteiger partial charge in [-0.3, -0.25) is 0 Å². The van der Waals surface area contributed by atoms with Crippen LogP contribution in [0.25, 0.3) is 6.08 Å². The topological polar surface area (TPSA) is 41.8 Å². The number of fused-ring (bicyclic) bond motifs is 1. The fraction of sp³-hybridized carbons (Fsp3) is 0.455. The van der Waals surface area contributed by atoms with Gasteiger partial charge in [-0.1, -0.05) is 6.08 Å². The summed E-state index contributed by atoms with van der Waals surface area (Å²) in [5.74, 6) is 0. The number of aromatic nitrogens is 1. The van der Waals surface area contributed by atoms with E-state index in [1.54, 1.807) is 0 Å². The zero-order valence-corrected chi connectivity index (χ0v) is 7.84. The maximum atomic E-state index is 5.40. The molecule has 0 fully saturated rings. The Kier molecular flexibility index (Phi) is 2.50. The second-order valence-electron chi connectivity index (χ2n) is 3.57. The highest BCUT2D eigenvalue weighted by Crippen LogP contribution is 2.21. The largest absolute Gasteiger partial charge is 0.359 e. The van der Waals surface area contributed by atoms with Crippen molar-refractivity contribution in [1.82, 2.24) is 4.98 Å². The van der Waals surface area contributed by atoms with Gasteiger partial charge in [0.2, 0.25) is 0 Å². The van der Waals surface area contributed by atoms with Crippen molar-refractivity contribution in [2.45, 2.75) is 25.7 Å². The number of rotatable bonds is 2. The Morgan fingerprint density at radius 3 is 3.00 bits per heavy atom. The normalized spacial score (nSPS) is 16.4. The molecule has 3 N–H and O–H groups in total. The molecule has 0 atom stereocenters. The first-order valence-electron chi connectivity index (χ1n) is 4.97. The number of hydrogen-bond donors (Lipinski definition) is 2. The van der Waals surface area contributed by atoms with Crippen LogP contribution in [-0.4, -0.2) is 11.5 Å². The van der Waals surface area contributed by atoms with Crippen LogP contribution < -0.4 is 5.73 Å². The molecule has 0 spiro atoms. The maximum absolute atomic E-state index is 5.40. The van der Waals surface area contributed by atoms with Gasteiger partial charge in [-0.25, -0.2) is 0 Å². The minimum absolute atomic E-state index is 0.615. The maximum Gasteiger partial charge on any atom is 0.0382 e. The van der Waals surface area contributed by atoms with Gasteiger partial charge in [0.1, 0.15) is 0 Å². The summed E-state index contributed by atoms with van der Waals surface area (Å²) in [6.07, 6.45) is 9.17. The van der Waals surface area contributed by atoms with E-state index in [1.807, 2.05) is 6.08 Å². The molecule has 2 nitrogen and oxygen atoms in total. The average molecular weight is 176 g/mol. The number of hydrogen-bond acceptors (Lipinski definition) is 1. The Labute approximate surface area is 78.8 Å². The minimum atomic E-state index is 0.615. The summed E-state index contributed by atoms with van der Waals surface area (Å²) < 4.78 is 0. The van der Waals surface area contributed by atoms with Crippen molar-refractivity contribution in [2.24, 2.45) is 5.73 Å². The Balaban J connectivity index is 2.20. The molecule has 1 aromatic rings. The molecule has 0 unspecified atom stereocenters. The third-order valence-electron chi connectivity index (χ3n) is 2.57. The smallest absolute Gasteiger partial charge is 0.0382 e. The van der Waals surface area contributed by atoms with Gasteiger partial charge in [0.05, 0.1) is 0 Å². The molecule has 1 aromatic heterocycles. The van der Waals surface area contributed by atoms with Crippen molar-refractivity contribution >= 4 is 6.08 Å². The minimum Gasteiger partial charge on any atom is -0.359 e. The fourth-order valence-corrected chi connectivity index (χ4v) is 1.91. The van der Waals surface area contributed by atoms with E-state index in [0.29, 0.717) is 6.54 Å². The van der Waals surface area contributed by atoms with Crippen molar-refractivity contribution in [1.29, 1.82) is 0 Å². The van der Waals surface area contributed by atoms with Crippen molar-refractivity contribution in [3.63, 3.8) is 0 Å². The third-order valence-corrected chi connectivity index (χ3v) is 2.57. The molecule has 13 heavy (non-hydrogen) atoms. The summed E-state index contributed by atoms with van der Waals surface area (Å²) in [6, 6.07) is 2.25. The predicted molar refractivity (Wildman–Crippen MR) is 55.5 cm³/mol. The second-order valence-corrected chi connectivity index (χ2v) is 3.57. The molecule has 0 aromatic carbocycles. The van der Waals surface area contributed by atoms with E-state index in [2.05, 4.69) is 17.1 Å². The lowest BCUT2D eigenvalue weighted by Gasteiger charge is -2.08. The van der Waals surface area contributed by atoms with Crippen LogP contribution in [-0.2, 0) is 12.8 Å². The lowest BCUT2D eigenvalue weighted by atomic mass is 9.98. The molecule has 0 aliphatic heterocycles. The number of aryl methyl sites for hydroxylation is 2. The van der Waals surface area contributed by atoms with Crippen molar-refractivity contribution in [2.75, 3.05) is 6.54 Å². The molecule has 0 radical (unpaired) electrons. The zero-order chi connectivity index (χ0) is 9.10.